The normalized spacial score (nSPS) is 16.1. The smallest absolute Gasteiger partial charge is 0.302 e. The van der Waals surface area contributed by atoms with Gasteiger partial charge < -0.3 is 14.6 Å². The summed E-state index contributed by atoms with van der Waals surface area (Å²) in [5.41, 5.74) is 1.42. The predicted octanol–water partition coefficient (Wildman–Crippen LogP) is 1.28. The Labute approximate surface area is 133 Å². The largest absolute Gasteiger partial charge is 0.451 e. The van der Waals surface area contributed by atoms with Crippen molar-refractivity contribution in [1.82, 2.24) is 14.3 Å². The number of piperazine rings is 1. The first-order valence-corrected chi connectivity index (χ1v) is 8.83. The molecule has 1 saturated heterocycles. The third-order valence-electron chi connectivity index (χ3n) is 4.00. The van der Waals surface area contributed by atoms with Gasteiger partial charge in [-0.25, -0.2) is 8.96 Å². The predicted molar refractivity (Wildman–Crippen MR) is 86.1 cm³/mol. The molecular formula is C15H16N4O3S. The van der Waals surface area contributed by atoms with Crippen LogP contribution in [0.5, 0.6) is 0 Å². The molecule has 1 fully saturated rings. The number of hydrogen-bond acceptors (Lipinski definition) is 6. The Balaban J connectivity index is 1.85. The van der Waals surface area contributed by atoms with Crippen LogP contribution in [0, 0.1) is 0 Å². The number of rotatable bonds is 3. The van der Waals surface area contributed by atoms with Gasteiger partial charge in [-0.15, -0.1) is 0 Å². The van der Waals surface area contributed by atoms with E-state index in [1.807, 2.05) is 6.07 Å². The standard InChI is InChI=1S/C15H16N4O3S/c20-23(21,14-2-1-11-22-14)19-8-4-12-13(3-5-17-15(12)19)18-9-6-16-7-10-18/h1-5,8,11,16H,6-7,9-10H2. The first kappa shape index (κ1) is 14.3. The van der Waals surface area contributed by atoms with E-state index in [4.69, 9.17) is 4.42 Å². The van der Waals surface area contributed by atoms with Crippen molar-refractivity contribution in [2.75, 3.05) is 31.1 Å². The summed E-state index contributed by atoms with van der Waals surface area (Å²) in [7, 11) is -3.77. The number of aromatic nitrogens is 2. The molecule has 1 N–H and O–H groups in total. The van der Waals surface area contributed by atoms with E-state index in [9.17, 15) is 8.42 Å². The minimum Gasteiger partial charge on any atom is -0.451 e. The molecular weight excluding hydrogens is 316 g/mol. The molecule has 1 aliphatic heterocycles. The van der Waals surface area contributed by atoms with Gasteiger partial charge in [0.15, 0.2) is 5.65 Å². The summed E-state index contributed by atoms with van der Waals surface area (Å²) in [4.78, 5) is 6.51. The van der Waals surface area contributed by atoms with E-state index >= 15 is 0 Å². The molecule has 0 amide bonds. The number of nitrogens with one attached hydrogen (secondary N) is 1. The quantitative estimate of drug-likeness (QED) is 0.778. The van der Waals surface area contributed by atoms with E-state index < -0.39 is 10.0 Å². The molecule has 0 saturated carbocycles. The first-order chi connectivity index (χ1) is 11.2. The minimum atomic E-state index is -3.77. The fraction of sp³-hybridized carbons (Fsp3) is 0.267. The van der Waals surface area contributed by atoms with Crippen LogP contribution in [0.3, 0.4) is 0 Å². The Morgan fingerprint density at radius 2 is 2.00 bits per heavy atom. The molecule has 4 heterocycles. The van der Waals surface area contributed by atoms with Crippen molar-refractivity contribution in [2.24, 2.45) is 0 Å². The lowest BCUT2D eigenvalue weighted by atomic mass is 10.2. The Kier molecular flexibility index (Phi) is 3.35. The third kappa shape index (κ3) is 2.30. The number of hydrogen-bond donors (Lipinski definition) is 1. The van der Waals surface area contributed by atoms with Crippen LogP contribution in [0.25, 0.3) is 11.0 Å². The van der Waals surface area contributed by atoms with E-state index in [1.54, 1.807) is 18.3 Å². The van der Waals surface area contributed by atoms with Crippen molar-refractivity contribution in [1.29, 1.82) is 0 Å². The van der Waals surface area contributed by atoms with Crippen LogP contribution in [-0.2, 0) is 10.0 Å². The topological polar surface area (TPSA) is 80.4 Å². The Morgan fingerprint density at radius 3 is 2.74 bits per heavy atom. The summed E-state index contributed by atoms with van der Waals surface area (Å²) in [6.07, 6.45) is 4.52. The van der Waals surface area contributed by atoms with Gasteiger partial charge in [0.05, 0.1) is 6.26 Å². The van der Waals surface area contributed by atoms with Crippen molar-refractivity contribution in [3.8, 4) is 0 Å². The maximum atomic E-state index is 12.7. The molecule has 0 radical (unpaired) electrons. The van der Waals surface area contributed by atoms with Crippen LogP contribution in [-0.4, -0.2) is 43.6 Å². The molecule has 7 nitrogen and oxygen atoms in total. The lowest BCUT2D eigenvalue weighted by Gasteiger charge is -2.29. The average Bonchev–Trinajstić information content (AvgIpc) is 3.25. The second kappa shape index (κ2) is 5.39. The summed E-state index contributed by atoms with van der Waals surface area (Å²) < 4.78 is 31.6. The van der Waals surface area contributed by atoms with Crippen LogP contribution in [0.2, 0.25) is 0 Å². The molecule has 8 heteroatoms. The zero-order valence-corrected chi connectivity index (χ0v) is 13.2. The van der Waals surface area contributed by atoms with E-state index in [0.29, 0.717) is 5.65 Å². The summed E-state index contributed by atoms with van der Waals surface area (Å²) >= 11 is 0. The Hall–Kier alpha value is -2.32. The first-order valence-electron chi connectivity index (χ1n) is 7.39. The van der Waals surface area contributed by atoms with Gasteiger partial charge in [0.2, 0.25) is 5.09 Å². The molecule has 120 valence electrons. The minimum absolute atomic E-state index is 0.0932. The Bertz CT molecular complexity index is 925. The second-order valence-corrected chi connectivity index (χ2v) is 7.10. The number of fused-ring (bicyclic) bond motifs is 1. The summed E-state index contributed by atoms with van der Waals surface area (Å²) in [6.45, 7) is 3.59. The van der Waals surface area contributed by atoms with E-state index in [2.05, 4.69) is 15.2 Å². The van der Waals surface area contributed by atoms with Gasteiger partial charge in [-0.3, -0.25) is 0 Å². The molecule has 0 unspecified atom stereocenters. The number of nitrogens with zero attached hydrogens (tertiary/aromatic N) is 3. The molecule has 0 aliphatic carbocycles. The maximum absolute atomic E-state index is 12.7. The highest BCUT2D eigenvalue weighted by molar-refractivity contribution is 7.90. The molecule has 3 aromatic rings. The van der Waals surface area contributed by atoms with E-state index in [1.165, 1.54) is 22.5 Å². The average molecular weight is 332 g/mol. The lowest BCUT2D eigenvalue weighted by molar-refractivity contribution is 0.447. The molecule has 4 rings (SSSR count). The van der Waals surface area contributed by atoms with Gasteiger partial charge in [-0.05, 0) is 24.3 Å². The fourth-order valence-corrected chi connectivity index (χ4v) is 4.10. The van der Waals surface area contributed by atoms with Gasteiger partial charge in [-0.1, -0.05) is 0 Å². The Morgan fingerprint density at radius 1 is 1.17 bits per heavy atom. The van der Waals surface area contributed by atoms with Gasteiger partial charge in [0.25, 0.3) is 0 Å². The highest BCUT2D eigenvalue weighted by atomic mass is 32.2. The van der Waals surface area contributed by atoms with Crippen molar-refractivity contribution in [3.63, 3.8) is 0 Å². The highest BCUT2D eigenvalue weighted by Crippen LogP contribution is 2.28. The van der Waals surface area contributed by atoms with Crippen LogP contribution < -0.4 is 10.2 Å². The van der Waals surface area contributed by atoms with Crippen LogP contribution in [0.1, 0.15) is 0 Å². The van der Waals surface area contributed by atoms with Gasteiger partial charge in [0.1, 0.15) is 0 Å². The van der Waals surface area contributed by atoms with Gasteiger partial charge in [-0.2, -0.15) is 8.42 Å². The number of anilines is 1. The fourth-order valence-electron chi connectivity index (χ4n) is 2.88. The van der Waals surface area contributed by atoms with E-state index in [0.717, 1.165) is 37.3 Å². The summed E-state index contributed by atoms with van der Waals surface area (Å²) in [6, 6.07) is 6.71. The molecule has 0 bridgehead atoms. The van der Waals surface area contributed by atoms with Crippen LogP contribution in [0.4, 0.5) is 5.69 Å². The zero-order chi connectivity index (χ0) is 15.9. The van der Waals surface area contributed by atoms with Crippen molar-refractivity contribution < 1.29 is 12.8 Å². The summed E-state index contributed by atoms with van der Waals surface area (Å²) in [5.74, 6) is 0. The van der Waals surface area contributed by atoms with Crippen molar-refractivity contribution >= 4 is 26.7 Å². The third-order valence-corrected chi connectivity index (χ3v) is 5.55. The molecule has 23 heavy (non-hydrogen) atoms. The monoisotopic (exact) mass is 332 g/mol. The molecule has 0 aromatic carbocycles. The van der Waals surface area contributed by atoms with Gasteiger partial charge in [0, 0.05) is 49.6 Å². The maximum Gasteiger partial charge on any atom is 0.302 e. The molecule has 0 spiro atoms. The second-order valence-electron chi connectivity index (χ2n) is 5.35. The van der Waals surface area contributed by atoms with Crippen molar-refractivity contribution in [2.45, 2.75) is 5.09 Å². The van der Waals surface area contributed by atoms with Gasteiger partial charge >= 0.3 is 10.0 Å². The number of furan rings is 1. The summed E-state index contributed by atoms with van der Waals surface area (Å²) in [5, 5.41) is 4.04. The van der Waals surface area contributed by atoms with Crippen LogP contribution in [0.15, 0.2) is 52.4 Å². The molecule has 3 aromatic heterocycles. The molecule has 1 aliphatic rings. The van der Waals surface area contributed by atoms with Crippen LogP contribution >= 0.6 is 0 Å². The SMILES string of the molecule is O=S(=O)(c1ccco1)n1ccc2c(N3CCNCC3)ccnc21. The lowest BCUT2D eigenvalue weighted by Crippen LogP contribution is -2.43. The van der Waals surface area contributed by atoms with E-state index in [-0.39, 0.29) is 5.09 Å². The van der Waals surface area contributed by atoms with Crippen molar-refractivity contribution in [3.05, 3.63) is 42.9 Å². The molecule has 0 atom stereocenters. The number of pyridine rings is 1. The zero-order valence-electron chi connectivity index (χ0n) is 12.3. The highest BCUT2D eigenvalue weighted by Gasteiger charge is 2.24.